The van der Waals surface area contributed by atoms with Crippen LogP contribution >= 0.6 is 0 Å². The Morgan fingerprint density at radius 2 is 1.95 bits per heavy atom. The number of para-hydroxylation sites is 1. The fourth-order valence-corrected chi connectivity index (χ4v) is 3.33. The molecular formula is C18H28N2O. The summed E-state index contributed by atoms with van der Waals surface area (Å²) in [7, 11) is 1.75. The highest BCUT2D eigenvalue weighted by Gasteiger charge is 2.43. The van der Waals surface area contributed by atoms with Crippen LogP contribution in [0.2, 0.25) is 0 Å². The summed E-state index contributed by atoms with van der Waals surface area (Å²) in [6.45, 7) is 4.27. The van der Waals surface area contributed by atoms with Crippen LogP contribution in [-0.4, -0.2) is 36.7 Å². The molecule has 2 fully saturated rings. The van der Waals surface area contributed by atoms with Gasteiger partial charge >= 0.3 is 0 Å². The van der Waals surface area contributed by atoms with Crippen LogP contribution in [0, 0.1) is 5.92 Å². The van der Waals surface area contributed by atoms with Gasteiger partial charge in [0, 0.05) is 24.7 Å². The largest absolute Gasteiger partial charge is 0.496 e. The Bertz CT molecular complexity index is 482. The highest BCUT2D eigenvalue weighted by Crippen LogP contribution is 2.40. The van der Waals surface area contributed by atoms with E-state index < -0.39 is 0 Å². The van der Waals surface area contributed by atoms with Gasteiger partial charge in [-0.05, 0) is 56.6 Å². The number of rotatable bonds is 8. The zero-order chi connectivity index (χ0) is 14.9. The number of hydrogen-bond donors (Lipinski definition) is 1. The first kappa shape index (κ1) is 14.9. The summed E-state index contributed by atoms with van der Waals surface area (Å²) in [5.74, 6) is 1.90. The van der Waals surface area contributed by atoms with Crippen molar-refractivity contribution in [2.75, 3.05) is 20.2 Å². The van der Waals surface area contributed by atoms with Crippen LogP contribution in [0.1, 0.15) is 38.2 Å². The number of hydrogen-bond acceptors (Lipinski definition) is 3. The molecule has 2 aliphatic rings. The average molecular weight is 288 g/mol. The van der Waals surface area contributed by atoms with Crippen molar-refractivity contribution in [2.24, 2.45) is 11.7 Å². The Kier molecular flexibility index (Phi) is 4.23. The molecule has 0 heterocycles. The molecule has 3 nitrogen and oxygen atoms in total. The lowest BCUT2D eigenvalue weighted by molar-refractivity contribution is 0.0939. The van der Waals surface area contributed by atoms with Gasteiger partial charge in [0.1, 0.15) is 5.75 Å². The number of benzene rings is 1. The number of methoxy groups -OCH3 is 1. The summed E-state index contributed by atoms with van der Waals surface area (Å²) in [5, 5.41) is 0. The predicted molar refractivity (Wildman–Crippen MR) is 86.6 cm³/mol. The van der Waals surface area contributed by atoms with Crippen molar-refractivity contribution < 1.29 is 4.74 Å². The van der Waals surface area contributed by atoms with E-state index in [0.29, 0.717) is 6.54 Å². The minimum absolute atomic E-state index is 0.0401. The van der Waals surface area contributed by atoms with E-state index in [1.165, 1.54) is 37.8 Å². The molecule has 3 rings (SSSR count). The molecule has 1 aromatic carbocycles. The molecule has 1 unspecified atom stereocenters. The zero-order valence-corrected chi connectivity index (χ0v) is 13.3. The standard InChI is InChI=1S/C18H28N2O/c1-18(13-19,11-15-5-3-4-6-17(15)21-2)20(16-9-10-16)12-14-7-8-14/h3-6,14,16H,7-13,19H2,1-2H3. The second-order valence-electron chi connectivity index (χ2n) is 7.02. The zero-order valence-electron chi connectivity index (χ0n) is 13.3. The van der Waals surface area contributed by atoms with Crippen molar-refractivity contribution in [3.63, 3.8) is 0 Å². The maximum absolute atomic E-state index is 6.23. The lowest BCUT2D eigenvalue weighted by Crippen LogP contribution is -2.55. The molecule has 1 atom stereocenters. The molecule has 2 N–H and O–H groups in total. The van der Waals surface area contributed by atoms with Crippen LogP contribution in [0.4, 0.5) is 0 Å². The highest BCUT2D eigenvalue weighted by atomic mass is 16.5. The van der Waals surface area contributed by atoms with Gasteiger partial charge in [0.2, 0.25) is 0 Å². The monoisotopic (exact) mass is 288 g/mol. The first-order valence-electron chi connectivity index (χ1n) is 8.25. The van der Waals surface area contributed by atoms with E-state index in [0.717, 1.165) is 24.1 Å². The topological polar surface area (TPSA) is 38.5 Å². The molecule has 0 radical (unpaired) electrons. The third kappa shape index (κ3) is 3.41. The first-order valence-corrected chi connectivity index (χ1v) is 8.25. The van der Waals surface area contributed by atoms with Crippen molar-refractivity contribution >= 4 is 0 Å². The van der Waals surface area contributed by atoms with Crippen LogP contribution in [0.5, 0.6) is 5.75 Å². The van der Waals surface area contributed by atoms with Gasteiger partial charge in [-0.25, -0.2) is 0 Å². The Morgan fingerprint density at radius 3 is 2.52 bits per heavy atom. The second-order valence-corrected chi connectivity index (χ2v) is 7.02. The third-order valence-corrected chi connectivity index (χ3v) is 5.04. The third-order valence-electron chi connectivity index (χ3n) is 5.04. The summed E-state index contributed by atoms with van der Waals surface area (Å²) in [5.41, 5.74) is 7.54. The van der Waals surface area contributed by atoms with Gasteiger partial charge in [-0.15, -0.1) is 0 Å². The average Bonchev–Trinajstić information content (AvgIpc) is 3.38. The van der Waals surface area contributed by atoms with Crippen molar-refractivity contribution in [3.05, 3.63) is 29.8 Å². The quantitative estimate of drug-likeness (QED) is 0.799. The van der Waals surface area contributed by atoms with Gasteiger partial charge in [-0.1, -0.05) is 18.2 Å². The summed E-state index contributed by atoms with van der Waals surface area (Å²) in [6.07, 6.45) is 6.45. The maximum Gasteiger partial charge on any atom is 0.122 e. The number of nitrogens with two attached hydrogens (primary N) is 1. The Hall–Kier alpha value is -1.06. The van der Waals surface area contributed by atoms with E-state index in [9.17, 15) is 0 Å². The Balaban J connectivity index is 1.80. The molecule has 3 heteroatoms. The molecule has 0 saturated heterocycles. The van der Waals surface area contributed by atoms with Gasteiger partial charge in [0.15, 0.2) is 0 Å². The molecule has 116 valence electrons. The van der Waals surface area contributed by atoms with E-state index in [2.05, 4.69) is 30.0 Å². The molecule has 2 saturated carbocycles. The van der Waals surface area contributed by atoms with Crippen LogP contribution in [0.15, 0.2) is 24.3 Å². The summed E-state index contributed by atoms with van der Waals surface area (Å²) in [4.78, 5) is 2.71. The lowest BCUT2D eigenvalue weighted by atomic mass is 9.89. The predicted octanol–water partition coefficient (Wildman–Crippen LogP) is 2.83. The molecule has 2 aliphatic carbocycles. The van der Waals surface area contributed by atoms with Gasteiger partial charge in [0.25, 0.3) is 0 Å². The maximum atomic E-state index is 6.23. The Morgan fingerprint density at radius 1 is 1.24 bits per heavy atom. The van der Waals surface area contributed by atoms with Gasteiger partial charge in [-0.2, -0.15) is 0 Å². The van der Waals surface area contributed by atoms with Gasteiger partial charge in [-0.3, -0.25) is 4.90 Å². The SMILES string of the molecule is COc1ccccc1CC(C)(CN)N(CC1CC1)C1CC1. The smallest absolute Gasteiger partial charge is 0.122 e. The van der Waals surface area contributed by atoms with Crippen LogP contribution in [0.3, 0.4) is 0 Å². The van der Waals surface area contributed by atoms with E-state index in [-0.39, 0.29) is 5.54 Å². The normalized spacial score (nSPS) is 21.3. The van der Waals surface area contributed by atoms with E-state index in [1.807, 2.05) is 6.07 Å². The highest BCUT2D eigenvalue weighted by molar-refractivity contribution is 5.34. The number of nitrogens with zero attached hydrogens (tertiary/aromatic N) is 1. The van der Waals surface area contributed by atoms with Crippen molar-refractivity contribution in [3.8, 4) is 5.75 Å². The fraction of sp³-hybridized carbons (Fsp3) is 0.667. The van der Waals surface area contributed by atoms with E-state index in [1.54, 1.807) is 7.11 Å². The number of ether oxygens (including phenoxy) is 1. The van der Waals surface area contributed by atoms with Crippen LogP contribution in [-0.2, 0) is 6.42 Å². The minimum Gasteiger partial charge on any atom is -0.496 e. The van der Waals surface area contributed by atoms with E-state index in [4.69, 9.17) is 10.5 Å². The van der Waals surface area contributed by atoms with Gasteiger partial charge < -0.3 is 10.5 Å². The van der Waals surface area contributed by atoms with E-state index >= 15 is 0 Å². The summed E-state index contributed by atoms with van der Waals surface area (Å²) >= 11 is 0. The molecule has 0 aromatic heterocycles. The molecule has 0 aliphatic heterocycles. The second kappa shape index (κ2) is 5.98. The first-order chi connectivity index (χ1) is 10.2. The van der Waals surface area contributed by atoms with Crippen LogP contribution in [0.25, 0.3) is 0 Å². The Labute approximate surface area is 128 Å². The van der Waals surface area contributed by atoms with Crippen molar-refractivity contribution in [1.29, 1.82) is 0 Å². The van der Waals surface area contributed by atoms with Crippen molar-refractivity contribution in [1.82, 2.24) is 4.90 Å². The molecule has 0 amide bonds. The molecule has 0 spiro atoms. The molecule has 1 aromatic rings. The molecule has 0 bridgehead atoms. The lowest BCUT2D eigenvalue weighted by Gasteiger charge is -2.41. The summed E-state index contributed by atoms with van der Waals surface area (Å²) in [6, 6.07) is 9.11. The van der Waals surface area contributed by atoms with Crippen LogP contribution < -0.4 is 10.5 Å². The van der Waals surface area contributed by atoms with Gasteiger partial charge in [0.05, 0.1) is 7.11 Å². The van der Waals surface area contributed by atoms with Crippen molar-refractivity contribution in [2.45, 2.75) is 50.6 Å². The molecule has 21 heavy (non-hydrogen) atoms. The minimum atomic E-state index is 0.0401. The molecular weight excluding hydrogens is 260 g/mol. The summed E-state index contributed by atoms with van der Waals surface area (Å²) < 4.78 is 5.53. The fourth-order valence-electron chi connectivity index (χ4n) is 3.33.